The smallest absolute Gasteiger partial charge is 0.335 e. The third-order valence-electron chi connectivity index (χ3n) is 7.17. The zero-order valence-corrected chi connectivity index (χ0v) is 23.9. The highest BCUT2D eigenvalue weighted by Gasteiger charge is 2.12. The first-order valence-corrected chi connectivity index (χ1v) is 13.9. The van der Waals surface area contributed by atoms with E-state index in [0.29, 0.717) is 5.56 Å². The van der Waals surface area contributed by atoms with Gasteiger partial charge in [0.25, 0.3) is 0 Å². The molecule has 3 heteroatoms. The number of carbonyl (C=O) groups is 1. The van der Waals surface area contributed by atoms with Crippen molar-refractivity contribution in [3.63, 3.8) is 0 Å². The lowest BCUT2D eigenvalue weighted by Crippen LogP contribution is -2.10. The maximum absolute atomic E-state index is 11.2. The van der Waals surface area contributed by atoms with Gasteiger partial charge in [-0.3, -0.25) is 0 Å². The van der Waals surface area contributed by atoms with Crippen LogP contribution in [-0.4, -0.2) is 11.1 Å². The second-order valence-electron chi connectivity index (χ2n) is 10.3. The average molecular weight is 548 g/mol. The first-order valence-electron chi connectivity index (χ1n) is 13.9. The molecule has 0 unspecified atom stereocenters. The molecule has 0 amide bonds. The van der Waals surface area contributed by atoms with Crippen LogP contribution in [0.25, 0.3) is 23.3 Å². The van der Waals surface area contributed by atoms with Crippen LogP contribution >= 0.6 is 0 Å². The molecule has 0 aliphatic rings. The number of hydrogen-bond acceptors (Lipinski definition) is 2. The van der Waals surface area contributed by atoms with Crippen molar-refractivity contribution in [3.05, 3.63) is 179 Å². The van der Waals surface area contributed by atoms with Crippen molar-refractivity contribution in [3.8, 4) is 0 Å². The topological polar surface area (TPSA) is 40.5 Å². The second-order valence-corrected chi connectivity index (χ2v) is 10.3. The number of anilines is 2. The van der Waals surface area contributed by atoms with Crippen LogP contribution in [0.3, 0.4) is 0 Å². The molecule has 42 heavy (non-hydrogen) atoms. The van der Waals surface area contributed by atoms with E-state index in [1.54, 1.807) is 12.1 Å². The molecule has 0 saturated heterocycles. The van der Waals surface area contributed by atoms with Crippen LogP contribution < -0.4 is 4.90 Å². The Balaban J connectivity index is 1.48. The number of aryl methyl sites for hydroxylation is 2. The molecular formula is C39H33NO2. The van der Waals surface area contributed by atoms with Crippen molar-refractivity contribution in [2.45, 2.75) is 13.8 Å². The highest BCUT2D eigenvalue weighted by Crippen LogP contribution is 2.32. The van der Waals surface area contributed by atoms with E-state index in [0.717, 1.165) is 39.2 Å². The molecule has 206 valence electrons. The summed E-state index contributed by atoms with van der Waals surface area (Å²) in [5.74, 6) is -1.01. The molecule has 5 aromatic carbocycles. The standard InChI is InChI=1S/C39H33NO2/c1-28-9-19-34(20-10-28)38(35-21-11-29(2)12-22-35)27-40(36-7-5-4-6-8-36)37-25-17-32(18-26-37)14-13-31-15-23-33(24-16-31)30(3)39(41)42/h4-27H,3H2,1-2H3,(H,41,42). The fourth-order valence-electron chi connectivity index (χ4n) is 4.66. The third-order valence-corrected chi connectivity index (χ3v) is 7.17. The van der Waals surface area contributed by atoms with Crippen LogP contribution in [0.1, 0.15) is 38.9 Å². The number of nitrogens with zero attached hydrogens (tertiary/aromatic N) is 1. The van der Waals surface area contributed by atoms with Crippen LogP contribution in [0.4, 0.5) is 11.4 Å². The molecule has 0 aliphatic carbocycles. The van der Waals surface area contributed by atoms with E-state index in [2.05, 4.69) is 135 Å². The SMILES string of the molecule is C=C(C(=O)O)c1ccc(C=Cc2ccc(N(C=C(c3ccc(C)cc3)c3ccc(C)cc3)c3ccccc3)cc2)cc1. The summed E-state index contributed by atoms with van der Waals surface area (Å²) in [6.45, 7) is 7.84. The molecule has 1 N–H and O–H groups in total. The Labute approximate surface area is 248 Å². The highest BCUT2D eigenvalue weighted by atomic mass is 16.4. The number of hydrogen-bond donors (Lipinski definition) is 1. The third kappa shape index (κ3) is 6.83. The quantitative estimate of drug-likeness (QED) is 0.147. The number of rotatable bonds is 9. The van der Waals surface area contributed by atoms with Crippen molar-refractivity contribution in [1.29, 1.82) is 0 Å². The predicted octanol–water partition coefficient (Wildman–Crippen LogP) is 9.80. The van der Waals surface area contributed by atoms with Crippen molar-refractivity contribution in [2.75, 3.05) is 4.90 Å². The number of para-hydroxylation sites is 1. The van der Waals surface area contributed by atoms with E-state index < -0.39 is 5.97 Å². The van der Waals surface area contributed by atoms with Crippen LogP contribution in [0.15, 0.2) is 140 Å². The van der Waals surface area contributed by atoms with Crippen molar-refractivity contribution >= 4 is 40.6 Å². The largest absolute Gasteiger partial charge is 0.478 e. The monoisotopic (exact) mass is 547 g/mol. The molecule has 0 heterocycles. The summed E-state index contributed by atoms with van der Waals surface area (Å²) in [6, 6.07) is 43.6. The summed E-state index contributed by atoms with van der Waals surface area (Å²) in [5.41, 5.74) is 10.8. The van der Waals surface area contributed by atoms with E-state index >= 15 is 0 Å². The molecule has 5 rings (SSSR count). The molecule has 0 fully saturated rings. The van der Waals surface area contributed by atoms with Gasteiger partial charge in [0, 0.05) is 23.1 Å². The number of benzene rings is 5. The lowest BCUT2D eigenvalue weighted by atomic mass is 9.97. The fraction of sp³-hybridized carbons (Fsp3) is 0.0513. The van der Waals surface area contributed by atoms with E-state index in [9.17, 15) is 4.79 Å². The fourth-order valence-corrected chi connectivity index (χ4v) is 4.66. The molecular weight excluding hydrogens is 514 g/mol. The maximum atomic E-state index is 11.2. The van der Waals surface area contributed by atoms with E-state index in [1.165, 1.54) is 11.1 Å². The van der Waals surface area contributed by atoms with Gasteiger partial charge < -0.3 is 10.0 Å². The number of carboxylic acids is 1. The molecule has 0 radical (unpaired) electrons. The van der Waals surface area contributed by atoms with Gasteiger partial charge in [-0.1, -0.05) is 133 Å². The van der Waals surface area contributed by atoms with Crippen molar-refractivity contribution < 1.29 is 9.90 Å². The van der Waals surface area contributed by atoms with Crippen LogP contribution in [0.2, 0.25) is 0 Å². The van der Waals surface area contributed by atoms with Gasteiger partial charge in [0.05, 0.1) is 5.57 Å². The minimum absolute atomic E-state index is 0.0889. The minimum atomic E-state index is -1.01. The van der Waals surface area contributed by atoms with Crippen LogP contribution in [0.5, 0.6) is 0 Å². The molecule has 0 atom stereocenters. The van der Waals surface area contributed by atoms with Gasteiger partial charge in [-0.05, 0) is 65.9 Å². The van der Waals surface area contributed by atoms with Crippen molar-refractivity contribution in [2.24, 2.45) is 0 Å². The lowest BCUT2D eigenvalue weighted by molar-refractivity contribution is -0.130. The Morgan fingerprint density at radius 1 is 0.595 bits per heavy atom. The summed E-state index contributed by atoms with van der Waals surface area (Å²) in [6.07, 6.45) is 6.30. The van der Waals surface area contributed by atoms with Gasteiger partial charge in [-0.25, -0.2) is 4.79 Å². The summed E-state index contributed by atoms with van der Waals surface area (Å²) in [7, 11) is 0. The lowest BCUT2D eigenvalue weighted by Gasteiger charge is -2.23. The molecule has 0 aromatic heterocycles. The van der Waals surface area contributed by atoms with Gasteiger partial charge in [0.2, 0.25) is 0 Å². The van der Waals surface area contributed by atoms with E-state index in [4.69, 9.17) is 5.11 Å². The maximum Gasteiger partial charge on any atom is 0.335 e. The average Bonchev–Trinajstić information content (AvgIpc) is 3.02. The summed E-state index contributed by atoms with van der Waals surface area (Å²) in [4.78, 5) is 13.4. The zero-order chi connectivity index (χ0) is 29.5. The van der Waals surface area contributed by atoms with Gasteiger partial charge in [0.15, 0.2) is 0 Å². The van der Waals surface area contributed by atoms with Gasteiger partial charge in [-0.2, -0.15) is 0 Å². The number of aliphatic carboxylic acids is 1. The first kappa shape index (κ1) is 28.1. The second kappa shape index (κ2) is 12.8. The zero-order valence-electron chi connectivity index (χ0n) is 23.9. The van der Waals surface area contributed by atoms with E-state index in [-0.39, 0.29) is 5.57 Å². The Hall–Kier alpha value is -5.41. The summed E-state index contributed by atoms with van der Waals surface area (Å²) < 4.78 is 0. The molecule has 0 bridgehead atoms. The normalized spacial score (nSPS) is 10.8. The van der Waals surface area contributed by atoms with Gasteiger partial charge in [-0.15, -0.1) is 0 Å². The number of carboxylic acid groups (broad SMARTS) is 1. The van der Waals surface area contributed by atoms with Gasteiger partial charge >= 0.3 is 5.97 Å². The molecule has 5 aromatic rings. The summed E-state index contributed by atoms with van der Waals surface area (Å²) in [5, 5.41) is 9.15. The van der Waals surface area contributed by atoms with Crippen molar-refractivity contribution in [1.82, 2.24) is 0 Å². The molecule has 3 nitrogen and oxygen atoms in total. The van der Waals surface area contributed by atoms with Crippen LogP contribution in [-0.2, 0) is 4.79 Å². The predicted molar refractivity (Wildman–Crippen MR) is 176 cm³/mol. The summed E-state index contributed by atoms with van der Waals surface area (Å²) >= 11 is 0. The molecule has 0 aliphatic heterocycles. The molecule has 0 saturated carbocycles. The Bertz CT molecular complexity index is 1680. The Morgan fingerprint density at radius 3 is 1.50 bits per heavy atom. The Kier molecular flexibility index (Phi) is 8.60. The first-order chi connectivity index (χ1) is 20.4. The minimum Gasteiger partial charge on any atom is -0.478 e. The highest BCUT2D eigenvalue weighted by molar-refractivity contribution is 6.14. The Morgan fingerprint density at radius 2 is 1.02 bits per heavy atom. The van der Waals surface area contributed by atoms with Gasteiger partial charge in [0.1, 0.15) is 0 Å². The van der Waals surface area contributed by atoms with Crippen LogP contribution in [0, 0.1) is 13.8 Å². The molecule has 0 spiro atoms. The van der Waals surface area contributed by atoms with E-state index in [1.807, 2.05) is 24.3 Å².